The second kappa shape index (κ2) is 10.9. The van der Waals surface area contributed by atoms with Crippen LogP contribution in [-0.4, -0.2) is 26.2 Å². The molecule has 4 aromatic rings. The minimum Gasteiger partial charge on any atom is -0.449 e. The zero-order valence-electron chi connectivity index (χ0n) is 18.9. The lowest BCUT2D eigenvalue weighted by molar-refractivity contribution is 0.587. The summed E-state index contributed by atoms with van der Waals surface area (Å²) in [6, 6.07) is 46.2. The maximum absolute atomic E-state index is 7.09. The van der Waals surface area contributed by atoms with Crippen LogP contribution >= 0.6 is 0 Å². The molecule has 0 spiro atoms. The van der Waals surface area contributed by atoms with E-state index in [9.17, 15) is 0 Å². The average molecular weight is 467 g/mol. The van der Waals surface area contributed by atoms with Crippen molar-refractivity contribution in [3.8, 4) is 0 Å². The highest BCUT2D eigenvalue weighted by atomic mass is 28.4. The second-order valence-electron chi connectivity index (χ2n) is 8.33. The van der Waals surface area contributed by atoms with Crippen molar-refractivity contribution in [2.75, 3.05) is 0 Å². The zero-order valence-corrected chi connectivity index (χ0v) is 21.9. The van der Waals surface area contributed by atoms with Gasteiger partial charge in [-0.1, -0.05) is 138 Å². The first kappa shape index (κ1) is 22.7. The van der Waals surface area contributed by atoms with Crippen molar-refractivity contribution in [2.45, 2.75) is 25.2 Å². The quantitative estimate of drug-likeness (QED) is 0.334. The predicted molar refractivity (Wildman–Crippen MR) is 144 cm³/mol. The van der Waals surface area contributed by atoms with Crippen LogP contribution in [0.3, 0.4) is 0 Å². The fourth-order valence-corrected chi connectivity index (χ4v) is 15.1. The lowest BCUT2D eigenvalue weighted by Gasteiger charge is -2.32. The van der Waals surface area contributed by atoms with Gasteiger partial charge in [0.2, 0.25) is 17.4 Å². The summed E-state index contributed by atoms with van der Waals surface area (Å²) in [7, 11) is -4.08. The largest absolute Gasteiger partial charge is 0.449 e. The van der Waals surface area contributed by atoms with Crippen molar-refractivity contribution < 1.29 is 4.12 Å². The van der Waals surface area contributed by atoms with Crippen molar-refractivity contribution in [1.82, 2.24) is 0 Å². The topological polar surface area (TPSA) is 9.23 Å². The van der Waals surface area contributed by atoms with Gasteiger partial charge in [-0.05, 0) is 29.5 Å². The Hall–Kier alpha value is -2.51. The SMILES string of the molecule is C[Si](O[Si](C)(CC[Si](c1ccccc1)c1ccccc1)c1ccccc1)c1ccccc1. The lowest BCUT2D eigenvalue weighted by atomic mass is 10.4. The third kappa shape index (κ3) is 5.64. The van der Waals surface area contributed by atoms with Crippen molar-refractivity contribution in [1.29, 1.82) is 0 Å². The normalized spacial score (nSPS) is 13.2. The molecule has 0 heterocycles. The summed E-state index contributed by atoms with van der Waals surface area (Å²) in [4.78, 5) is 0. The van der Waals surface area contributed by atoms with Crippen molar-refractivity contribution in [3.05, 3.63) is 121 Å². The van der Waals surface area contributed by atoms with Crippen LogP contribution in [0.1, 0.15) is 0 Å². The van der Waals surface area contributed by atoms with Gasteiger partial charge in [0, 0.05) is 0 Å². The molecule has 0 amide bonds. The molecular weight excluding hydrogens is 437 g/mol. The Balaban J connectivity index is 1.62. The van der Waals surface area contributed by atoms with Gasteiger partial charge in [0.15, 0.2) is 0 Å². The van der Waals surface area contributed by atoms with Crippen LogP contribution in [0, 0.1) is 0 Å². The van der Waals surface area contributed by atoms with E-state index in [-0.39, 0.29) is 0 Å². The molecule has 4 aromatic carbocycles. The number of rotatable bonds is 9. The Morgan fingerprint density at radius 1 is 0.594 bits per heavy atom. The molecule has 32 heavy (non-hydrogen) atoms. The molecule has 1 unspecified atom stereocenters. The summed E-state index contributed by atoms with van der Waals surface area (Å²) in [6.45, 7) is 4.73. The first-order chi connectivity index (χ1) is 15.7. The van der Waals surface area contributed by atoms with Crippen LogP contribution in [0.4, 0.5) is 0 Å². The van der Waals surface area contributed by atoms with Crippen LogP contribution in [0.2, 0.25) is 25.2 Å². The molecule has 0 fully saturated rings. The first-order valence-electron chi connectivity index (χ1n) is 11.3. The maximum atomic E-state index is 7.09. The van der Waals surface area contributed by atoms with E-state index in [4.69, 9.17) is 4.12 Å². The standard InChI is InChI=1S/C28H30OSi3/c1-30(25-15-7-3-8-16-25)29-32(2,28-21-13-6-14-22-28)24-23-31(26-17-9-4-10-18-26)27-19-11-5-12-20-27/h3-22H,23-24H2,1-2H3. The molecule has 0 saturated heterocycles. The minimum absolute atomic E-state index is 0.873. The zero-order chi connectivity index (χ0) is 22.2. The van der Waals surface area contributed by atoms with Gasteiger partial charge in [-0.3, -0.25) is 0 Å². The van der Waals surface area contributed by atoms with Crippen LogP contribution in [0.5, 0.6) is 0 Å². The monoisotopic (exact) mass is 466 g/mol. The minimum atomic E-state index is -2.13. The van der Waals surface area contributed by atoms with Crippen molar-refractivity contribution >= 4 is 46.9 Å². The van der Waals surface area contributed by atoms with Crippen LogP contribution in [0.15, 0.2) is 121 Å². The molecule has 4 heteroatoms. The molecule has 0 saturated carbocycles. The third-order valence-electron chi connectivity index (χ3n) is 6.04. The Kier molecular flexibility index (Phi) is 7.71. The van der Waals surface area contributed by atoms with Gasteiger partial charge in [0.25, 0.3) is 0 Å². The molecule has 1 nitrogen and oxygen atoms in total. The van der Waals surface area contributed by atoms with E-state index in [0.29, 0.717) is 0 Å². The molecule has 0 N–H and O–H groups in total. The van der Waals surface area contributed by atoms with Crippen molar-refractivity contribution in [3.63, 3.8) is 0 Å². The smallest absolute Gasteiger partial charge is 0.231 e. The number of hydrogen-bond acceptors (Lipinski definition) is 1. The van der Waals surface area contributed by atoms with E-state index < -0.39 is 26.2 Å². The first-order valence-corrected chi connectivity index (χ1v) is 17.5. The van der Waals surface area contributed by atoms with E-state index in [1.165, 1.54) is 26.8 Å². The highest BCUT2D eigenvalue weighted by Crippen LogP contribution is 2.18. The molecule has 0 bridgehead atoms. The van der Waals surface area contributed by atoms with Crippen molar-refractivity contribution in [2.24, 2.45) is 0 Å². The molecule has 0 aliphatic carbocycles. The van der Waals surface area contributed by atoms with Gasteiger partial charge in [-0.15, -0.1) is 0 Å². The molecule has 0 aliphatic rings. The molecule has 0 aliphatic heterocycles. The summed E-state index contributed by atoms with van der Waals surface area (Å²) < 4.78 is 7.09. The van der Waals surface area contributed by atoms with Gasteiger partial charge in [-0.25, -0.2) is 0 Å². The van der Waals surface area contributed by atoms with E-state index in [1.807, 2.05) is 0 Å². The fraction of sp³-hybridized carbons (Fsp3) is 0.143. The Morgan fingerprint density at radius 2 is 1.00 bits per heavy atom. The lowest BCUT2D eigenvalue weighted by Crippen LogP contribution is -2.54. The second-order valence-corrected chi connectivity index (χ2v) is 17.0. The van der Waals surface area contributed by atoms with Crippen LogP contribution in [-0.2, 0) is 4.12 Å². The third-order valence-corrected chi connectivity index (χ3v) is 16.3. The Labute approximate surface area is 197 Å². The summed E-state index contributed by atoms with van der Waals surface area (Å²) in [6.07, 6.45) is 0. The van der Waals surface area contributed by atoms with Crippen LogP contribution in [0.25, 0.3) is 0 Å². The van der Waals surface area contributed by atoms with E-state index in [1.54, 1.807) is 0 Å². The molecule has 4 rings (SSSR count). The summed E-state index contributed by atoms with van der Waals surface area (Å²) >= 11 is 0. The van der Waals surface area contributed by atoms with E-state index in [0.717, 1.165) is 6.04 Å². The number of hydrogen-bond donors (Lipinski definition) is 0. The molecule has 2 radical (unpaired) electrons. The average Bonchev–Trinajstić information content (AvgIpc) is 2.86. The maximum Gasteiger partial charge on any atom is 0.231 e. The van der Waals surface area contributed by atoms with E-state index in [2.05, 4.69) is 134 Å². The van der Waals surface area contributed by atoms with Gasteiger partial charge in [0.1, 0.15) is 8.80 Å². The van der Waals surface area contributed by atoms with Gasteiger partial charge in [-0.2, -0.15) is 0 Å². The summed E-state index contributed by atoms with van der Waals surface area (Å²) in [5.41, 5.74) is 0. The highest BCUT2D eigenvalue weighted by Gasteiger charge is 2.35. The summed E-state index contributed by atoms with van der Waals surface area (Å²) in [5, 5.41) is 5.72. The van der Waals surface area contributed by atoms with Gasteiger partial charge >= 0.3 is 0 Å². The predicted octanol–water partition coefficient (Wildman–Crippen LogP) is 4.32. The molecule has 0 aromatic heterocycles. The summed E-state index contributed by atoms with van der Waals surface area (Å²) in [5.74, 6) is 0. The molecule has 1 atom stereocenters. The molecular formula is C28H30OSi3. The Bertz CT molecular complexity index is 1040. The fourth-order valence-electron chi connectivity index (χ4n) is 4.21. The molecule has 160 valence electrons. The highest BCUT2D eigenvalue weighted by molar-refractivity contribution is 6.93. The van der Waals surface area contributed by atoms with E-state index >= 15 is 0 Å². The van der Waals surface area contributed by atoms with Crippen LogP contribution < -0.4 is 20.7 Å². The number of benzene rings is 4. The Morgan fingerprint density at radius 3 is 1.47 bits per heavy atom. The van der Waals surface area contributed by atoms with Gasteiger partial charge in [0.05, 0.1) is 0 Å². The van der Waals surface area contributed by atoms with Gasteiger partial charge < -0.3 is 4.12 Å².